The zero-order chi connectivity index (χ0) is 28.8. The van der Waals surface area contributed by atoms with Crippen LogP contribution in [-0.4, -0.2) is 42.3 Å². The normalized spacial score (nSPS) is 15.6. The first-order valence-electron chi connectivity index (χ1n) is 12.8. The van der Waals surface area contributed by atoms with Crippen molar-refractivity contribution in [1.82, 2.24) is 5.01 Å². The fourth-order valence-electron chi connectivity index (χ4n) is 4.42. The number of nitrogens with one attached hydrogen (secondary N) is 1. The smallest absolute Gasteiger partial charge is 0.284 e. The van der Waals surface area contributed by atoms with Gasteiger partial charge in [-0.3, -0.25) is 5.41 Å². The van der Waals surface area contributed by atoms with Crippen LogP contribution >= 0.6 is 35.0 Å². The molecule has 4 aromatic carbocycles. The minimum Gasteiger partial charge on any atom is -0.291 e. The Morgan fingerprint density at radius 3 is 2.10 bits per heavy atom. The summed E-state index contributed by atoms with van der Waals surface area (Å²) in [7, 11) is -4.16. The molecule has 0 spiro atoms. The van der Waals surface area contributed by atoms with Crippen molar-refractivity contribution in [2.45, 2.75) is 17.2 Å². The molecule has 208 valence electrons. The summed E-state index contributed by atoms with van der Waals surface area (Å²) >= 11 is 13.4. The molecule has 0 aliphatic carbocycles. The Morgan fingerprint density at radius 2 is 1.46 bits per heavy atom. The summed E-state index contributed by atoms with van der Waals surface area (Å²) in [5.41, 5.74) is 3.75. The molecule has 1 aliphatic rings. The zero-order valence-electron chi connectivity index (χ0n) is 21.8. The molecule has 0 aromatic heterocycles. The second-order valence-electron chi connectivity index (χ2n) is 9.29. The number of benzene rings is 4. The van der Waals surface area contributed by atoms with E-state index in [9.17, 15) is 8.42 Å². The van der Waals surface area contributed by atoms with E-state index in [4.69, 9.17) is 33.7 Å². The van der Waals surface area contributed by atoms with Crippen molar-refractivity contribution in [3.05, 3.63) is 136 Å². The Kier molecular flexibility index (Phi) is 9.25. The molecule has 0 saturated carbocycles. The number of halogens is 2. The summed E-state index contributed by atoms with van der Waals surface area (Å²) < 4.78 is 31.0. The van der Waals surface area contributed by atoms with E-state index in [-0.39, 0.29) is 21.7 Å². The van der Waals surface area contributed by atoms with Crippen LogP contribution in [0, 0.1) is 5.41 Å². The van der Waals surface area contributed by atoms with Crippen molar-refractivity contribution < 1.29 is 8.42 Å². The lowest BCUT2D eigenvalue weighted by atomic mass is 9.91. The minimum absolute atomic E-state index is 0.0119. The lowest BCUT2D eigenvalue weighted by Crippen LogP contribution is -2.32. The fraction of sp³-hybridized carbons (Fsp3) is 0.129. The first kappa shape index (κ1) is 29.1. The van der Waals surface area contributed by atoms with Crippen molar-refractivity contribution in [1.29, 1.82) is 5.41 Å². The quantitative estimate of drug-likeness (QED) is 0.171. The number of thioether (sulfide) groups is 1. The number of aryl methyl sites for hydroxylation is 1. The van der Waals surface area contributed by atoms with E-state index in [1.807, 2.05) is 72.8 Å². The predicted octanol–water partition coefficient (Wildman–Crippen LogP) is 7.54. The fourth-order valence-corrected chi connectivity index (χ4v) is 6.55. The van der Waals surface area contributed by atoms with Crippen LogP contribution in [0.1, 0.15) is 22.6 Å². The van der Waals surface area contributed by atoms with E-state index in [0.717, 1.165) is 28.8 Å². The molecule has 1 aliphatic heterocycles. The highest BCUT2D eigenvalue weighted by atomic mass is 35.5. The highest BCUT2D eigenvalue weighted by molar-refractivity contribution is 8.15. The summed E-state index contributed by atoms with van der Waals surface area (Å²) in [5.74, 6) is 0.373. The summed E-state index contributed by atoms with van der Waals surface area (Å²) in [6, 6.07) is 33.0. The van der Waals surface area contributed by atoms with Gasteiger partial charge in [-0.25, -0.2) is 5.01 Å². The Labute approximate surface area is 254 Å². The number of hydrazone groups is 1. The molecule has 0 bridgehead atoms. The highest BCUT2D eigenvalue weighted by Gasteiger charge is 2.34. The van der Waals surface area contributed by atoms with Crippen LogP contribution in [0.25, 0.3) is 0 Å². The van der Waals surface area contributed by atoms with Crippen LogP contribution in [0.15, 0.2) is 124 Å². The summed E-state index contributed by atoms with van der Waals surface area (Å²) in [5, 5.41) is 16.4. The number of hydrogen-bond donors (Lipinski definition) is 1. The molecule has 41 heavy (non-hydrogen) atoms. The SMILES string of the molecule is N=C(SCCc1ccccc1)/C(=N\S(=O)(=O)c1ccc(Cl)cc1)N1CC(c2ccccc2)C(c2ccc(Cl)cc2)=N1. The molecular weight excluding hydrogens is 595 g/mol. The summed E-state index contributed by atoms with van der Waals surface area (Å²) in [6.45, 7) is 0.318. The Bertz CT molecular complexity index is 1680. The molecule has 0 saturated heterocycles. The second-order valence-corrected chi connectivity index (χ2v) is 12.9. The molecule has 10 heteroatoms. The van der Waals surface area contributed by atoms with Crippen LogP contribution in [0.3, 0.4) is 0 Å². The first-order valence-corrected chi connectivity index (χ1v) is 16.0. The summed E-state index contributed by atoms with van der Waals surface area (Å²) in [4.78, 5) is -0.0119. The number of amidine groups is 1. The van der Waals surface area contributed by atoms with E-state index in [1.54, 1.807) is 12.1 Å². The van der Waals surface area contributed by atoms with Gasteiger partial charge < -0.3 is 0 Å². The van der Waals surface area contributed by atoms with E-state index < -0.39 is 10.0 Å². The van der Waals surface area contributed by atoms with Gasteiger partial charge in [0.2, 0.25) is 0 Å². The molecular formula is C31H26Cl2N4O2S2. The monoisotopic (exact) mass is 620 g/mol. The Morgan fingerprint density at radius 1 is 0.878 bits per heavy atom. The van der Waals surface area contributed by atoms with E-state index in [0.29, 0.717) is 22.3 Å². The molecule has 6 nitrogen and oxygen atoms in total. The molecule has 1 N–H and O–H groups in total. The van der Waals surface area contributed by atoms with Gasteiger partial charge in [-0.05, 0) is 59.5 Å². The standard InChI is InChI=1S/C31H26Cl2N4O2S2/c32-25-13-11-24(12-14-25)29-28(23-9-5-2-6-10-23)21-37(35-29)31(30(34)40-20-19-22-7-3-1-4-8-22)36-41(38,39)27-17-15-26(33)16-18-27/h1-18,28,34H,19-21H2/b34-30?,36-31+. The second kappa shape index (κ2) is 13.0. The van der Waals surface area contributed by atoms with Gasteiger partial charge in [0.05, 0.1) is 17.2 Å². The maximum absolute atomic E-state index is 13.4. The van der Waals surface area contributed by atoms with Gasteiger partial charge >= 0.3 is 0 Å². The van der Waals surface area contributed by atoms with Crippen molar-refractivity contribution >= 4 is 61.6 Å². The lowest BCUT2D eigenvalue weighted by molar-refractivity contribution is 0.481. The average molecular weight is 622 g/mol. The molecule has 5 rings (SSSR count). The van der Waals surface area contributed by atoms with Gasteiger partial charge in [0, 0.05) is 21.7 Å². The molecule has 0 fully saturated rings. The van der Waals surface area contributed by atoms with Gasteiger partial charge in [-0.15, -0.1) is 16.2 Å². The van der Waals surface area contributed by atoms with Gasteiger partial charge in [0.1, 0.15) is 5.04 Å². The maximum atomic E-state index is 13.4. The molecule has 1 atom stereocenters. The number of nitrogens with zero attached hydrogens (tertiary/aromatic N) is 3. The van der Waals surface area contributed by atoms with Gasteiger partial charge in [-0.1, -0.05) is 96.0 Å². The first-order chi connectivity index (χ1) is 19.8. The third-order valence-corrected chi connectivity index (χ3v) is 9.17. The maximum Gasteiger partial charge on any atom is 0.284 e. The number of sulfonamides is 1. The van der Waals surface area contributed by atoms with Crippen LogP contribution in [0.5, 0.6) is 0 Å². The third-order valence-electron chi connectivity index (χ3n) is 6.50. The van der Waals surface area contributed by atoms with Crippen molar-refractivity contribution in [2.75, 3.05) is 12.3 Å². The van der Waals surface area contributed by atoms with Gasteiger partial charge in [0.15, 0.2) is 5.84 Å². The van der Waals surface area contributed by atoms with Crippen molar-refractivity contribution in [2.24, 2.45) is 9.50 Å². The van der Waals surface area contributed by atoms with E-state index in [1.165, 1.54) is 41.0 Å². The minimum atomic E-state index is -4.16. The topological polar surface area (TPSA) is 85.9 Å². The average Bonchev–Trinajstić information content (AvgIpc) is 3.43. The van der Waals surface area contributed by atoms with E-state index >= 15 is 0 Å². The Balaban J connectivity index is 1.52. The highest BCUT2D eigenvalue weighted by Crippen LogP contribution is 2.31. The van der Waals surface area contributed by atoms with Crippen LogP contribution in [0.2, 0.25) is 10.0 Å². The molecule has 4 aromatic rings. The Hall–Kier alpha value is -3.43. The number of hydrogen-bond acceptors (Lipinski definition) is 5. The molecule has 1 unspecified atom stereocenters. The van der Waals surface area contributed by atoms with Gasteiger partial charge in [-0.2, -0.15) is 13.5 Å². The van der Waals surface area contributed by atoms with Gasteiger partial charge in [0.25, 0.3) is 10.0 Å². The number of rotatable bonds is 7. The van der Waals surface area contributed by atoms with Crippen molar-refractivity contribution in [3.63, 3.8) is 0 Å². The predicted molar refractivity (Wildman–Crippen MR) is 170 cm³/mol. The lowest BCUT2D eigenvalue weighted by Gasteiger charge is -2.19. The molecule has 1 heterocycles. The summed E-state index contributed by atoms with van der Waals surface area (Å²) in [6.07, 6.45) is 0.719. The van der Waals surface area contributed by atoms with Crippen LogP contribution in [-0.2, 0) is 16.4 Å². The molecule has 0 amide bonds. The van der Waals surface area contributed by atoms with Crippen molar-refractivity contribution in [3.8, 4) is 0 Å². The van der Waals surface area contributed by atoms with Crippen LogP contribution < -0.4 is 0 Å². The zero-order valence-corrected chi connectivity index (χ0v) is 25.0. The van der Waals surface area contributed by atoms with E-state index in [2.05, 4.69) is 4.40 Å². The largest absolute Gasteiger partial charge is 0.291 e. The molecule has 0 radical (unpaired) electrons. The van der Waals surface area contributed by atoms with Crippen LogP contribution in [0.4, 0.5) is 0 Å². The third kappa shape index (κ3) is 7.26.